The van der Waals surface area contributed by atoms with Crippen LogP contribution in [0.4, 0.5) is 45.5 Å². The normalized spacial score (nSPS) is 19.6. The van der Waals surface area contributed by atoms with Crippen molar-refractivity contribution in [3.8, 4) is 0 Å². The van der Waals surface area contributed by atoms with E-state index in [1.807, 2.05) is 42.3 Å². The zero-order chi connectivity index (χ0) is 49.3. The van der Waals surface area contributed by atoms with Crippen molar-refractivity contribution in [2.45, 2.75) is 95.1 Å². The largest absolute Gasteiger partial charge is 0.451 e. The van der Waals surface area contributed by atoms with Gasteiger partial charge in [0.25, 0.3) is 0 Å². The van der Waals surface area contributed by atoms with Crippen molar-refractivity contribution < 1.29 is 17.3 Å². The second kappa shape index (κ2) is 21.9. The van der Waals surface area contributed by atoms with Crippen LogP contribution in [0.25, 0.3) is 0 Å². The third-order valence-electron chi connectivity index (χ3n) is 14.5. The Bertz CT molecular complexity index is 2720. The molecular weight excluding hydrogens is 907 g/mol. The molecule has 4 saturated heterocycles. The summed E-state index contributed by atoms with van der Waals surface area (Å²) in [4.78, 5) is 29.3. The van der Waals surface area contributed by atoms with E-state index in [4.69, 9.17) is 31.8 Å². The van der Waals surface area contributed by atoms with Crippen LogP contribution in [-0.2, 0) is 9.84 Å². The maximum absolute atomic E-state index is 11.9. The standard InChI is InChI=1S/C13H17N5O.C13H16N4O.C13H19N3.C11H17N3O2S/c1-9-16-17-13(19-9)10-3-6-18(7-4-10)12-2-5-15-8-11(12)14;14-11-7-15-4-1-13(11)17-5-2-10(3-6-17)12-8-18-9-16-12;14-11-9-15-7-3-12(11)16-8-2-6-13(10-16)4-1-5-13;1-11(2)8-14(5-6-17(11,15)16)10-3-4-13-7-9(10)12/h2,5,8,10H,3-4,6-7,14H2,1H3;1,4,7-10H,2-3,5-6,14H2;3,7,9H,1-2,4-6,8,10,14H2;3-4,7H,5-6,8,12H2,1-2H3. The second-order valence-electron chi connectivity index (χ2n) is 19.7. The summed E-state index contributed by atoms with van der Waals surface area (Å²) in [5.74, 6) is 2.43. The predicted molar refractivity (Wildman–Crippen MR) is 276 cm³/mol. The lowest BCUT2D eigenvalue weighted by molar-refractivity contribution is 0.108. The number of nitrogen functional groups attached to an aromatic ring is 4. The third kappa shape index (κ3) is 11.8. The Morgan fingerprint density at radius 3 is 1.49 bits per heavy atom. The molecule has 1 aliphatic carbocycles. The van der Waals surface area contributed by atoms with Crippen LogP contribution in [0.3, 0.4) is 0 Å². The minimum Gasteiger partial charge on any atom is -0.451 e. The molecule has 0 bridgehead atoms. The highest BCUT2D eigenvalue weighted by Gasteiger charge is 2.41. The van der Waals surface area contributed by atoms with Crippen molar-refractivity contribution in [2.75, 3.05) is 101 Å². The molecule has 5 aliphatic rings. The lowest BCUT2D eigenvalue weighted by Gasteiger charge is -2.49. The van der Waals surface area contributed by atoms with E-state index in [1.165, 1.54) is 50.7 Å². The molecule has 374 valence electrons. The number of aromatic nitrogens is 7. The number of piperidine rings is 3. The quantitative estimate of drug-likeness (QED) is 0.132. The fourth-order valence-corrected chi connectivity index (χ4v) is 11.6. The third-order valence-corrected chi connectivity index (χ3v) is 17.1. The average Bonchev–Trinajstić information content (AvgIpc) is 4.07. The van der Waals surface area contributed by atoms with Gasteiger partial charge in [-0.2, -0.15) is 0 Å². The molecule has 19 nitrogen and oxygen atoms in total. The van der Waals surface area contributed by atoms with E-state index in [2.05, 4.69) is 49.8 Å². The number of aryl methyl sites for hydroxylation is 1. The molecule has 0 amide bonds. The first-order valence-corrected chi connectivity index (χ1v) is 26.0. The van der Waals surface area contributed by atoms with E-state index in [0.717, 1.165) is 104 Å². The molecule has 6 aromatic heterocycles. The topological polar surface area (TPSA) is 268 Å². The molecule has 1 saturated carbocycles. The first kappa shape index (κ1) is 49.7. The summed E-state index contributed by atoms with van der Waals surface area (Å²) in [6.45, 7) is 12.5. The van der Waals surface area contributed by atoms with Crippen LogP contribution in [0.1, 0.15) is 101 Å². The molecule has 10 heterocycles. The molecule has 5 fully saturated rings. The van der Waals surface area contributed by atoms with Gasteiger partial charge in [0.05, 0.1) is 86.5 Å². The summed E-state index contributed by atoms with van der Waals surface area (Å²) in [6, 6.07) is 7.81. The molecule has 0 radical (unpaired) electrons. The van der Waals surface area contributed by atoms with Crippen LogP contribution in [0, 0.1) is 12.3 Å². The van der Waals surface area contributed by atoms with Gasteiger partial charge in [0.1, 0.15) is 6.26 Å². The fourth-order valence-electron chi connectivity index (χ4n) is 10.3. The minimum atomic E-state index is -3.01. The first-order valence-electron chi connectivity index (χ1n) is 24.4. The Hall–Kier alpha value is -6.70. The summed E-state index contributed by atoms with van der Waals surface area (Å²) in [7, 11) is -3.01. The zero-order valence-corrected chi connectivity index (χ0v) is 41.6. The van der Waals surface area contributed by atoms with Crippen LogP contribution >= 0.6 is 0 Å². The van der Waals surface area contributed by atoms with Gasteiger partial charge in [-0.05, 0) is 94.9 Å². The Labute approximate surface area is 411 Å². The van der Waals surface area contributed by atoms with Crippen LogP contribution in [0.15, 0.2) is 95.3 Å². The summed E-state index contributed by atoms with van der Waals surface area (Å²) in [6.07, 6.45) is 28.2. The number of nitrogens with zero attached hydrogens (tertiary/aromatic N) is 11. The van der Waals surface area contributed by atoms with Gasteiger partial charge in [-0.3, -0.25) is 19.9 Å². The van der Waals surface area contributed by atoms with Crippen molar-refractivity contribution in [1.82, 2.24) is 35.1 Å². The monoisotopic (exact) mass is 976 g/mol. The maximum atomic E-state index is 11.9. The Balaban J connectivity index is 0.000000126. The van der Waals surface area contributed by atoms with Gasteiger partial charge in [-0.25, -0.2) is 13.4 Å². The number of pyridine rings is 4. The van der Waals surface area contributed by atoms with Crippen LogP contribution in [0.2, 0.25) is 0 Å². The van der Waals surface area contributed by atoms with Gasteiger partial charge in [0.15, 0.2) is 16.2 Å². The molecule has 8 N–H and O–H groups in total. The minimum absolute atomic E-state index is 0.168. The predicted octanol–water partition coefficient (Wildman–Crippen LogP) is 6.89. The summed E-state index contributed by atoms with van der Waals surface area (Å²) in [5, 5.41) is 8.01. The highest BCUT2D eigenvalue weighted by atomic mass is 32.2. The molecule has 20 heteroatoms. The van der Waals surface area contributed by atoms with Gasteiger partial charge >= 0.3 is 0 Å². The molecule has 0 aromatic carbocycles. The zero-order valence-electron chi connectivity index (χ0n) is 40.7. The number of oxazole rings is 1. The van der Waals surface area contributed by atoms with E-state index in [1.54, 1.807) is 63.5 Å². The van der Waals surface area contributed by atoms with E-state index < -0.39 is 14.6 Å². The summed E-state index contributed by atoms with van der Waals surface area (Å²) < 4.78 is 33.6. The molecule has 1 spiro atoms. The fraction of sp³-hybridized carbons (Fsp3) is 0.500. The Morgan fingerprint density at radius 1 is 0.600 bits per heavy atom. The molecule has 11 rings (SSSR count). The van der Waals surface area contributed by atoms with E-state index in [-0.39, 0.29) is 5.75 Å². The van der Waals surface area contributed by atoms with Gasteiger partial charge in [0.2, 0.25) is 11.8 Å². The van der Waals surface area contributed by atoms with Crippen molar-refractivity contribution in [3.63, 3.8) is 0 Å². The van der Waals surface area contributed by atoms with Gasteiger partial charge in [0, 0.05) is 95.9 Å². The molecule has 0 atom stereocenters. The van der Waals surface area contributed by atoms with Crippen molar-refractivity contribution >= 4 is 55.3 Å². The SMILES string of the molecule is CC1(C)CN(c2ccncc2N)CCS1(=O)=O.Cc1nnc(C2CCN(c3ccncc3N)CC2)o1.Nc1cnccc1N1CCC(c2cocn2)CC1.Nc1cnccc1N1CCCC2(CCC2)C1. The van der Waals surface area contributed by atoms with Crippen LogP contribution in [-0.4, -0.2) is 106 Å². The maximum Gasteiger partial charge on any atom is 0.219 e. The lowest BCUT2D eigenvalue weighted by atomic mass is 9.64. The number of hydrogen-bond donors (Lipinski definition) is 4. The van der Waals surface area contributed by atoms with E-state index in [9.17, 15) is 8.42 Å². The first-order chi connectivity index (χ1) is 33.7. The molecule has 0 unspecified atom stereocenters. The lowest BCUT2D eigenvalue weighted by Crippen LogP contribution is -2.53. The van der Waals surface area contributed by atoms with Gasteiger partial charge < -0.3 is 51.4 Å². The Morgan fingerprint density at radius 2 is 1.07 bits per heavy atom. The molecule has 70 heavy (non-hydrogen) atoms. The van der Waals surface area contributed by atoms with Crippen LogP contribution in [0.5, 0.6) is 0 Å². The molecule has 4 aliphatic heterocycles. The highest BCUT2D eigenvalue weighted by Crippen LogP contribution is 2.48. The number of anilines is 8. The summed E-state index contributed by atoms with van der Waals surface area (Å²) in [5.41, 5.74) is 32.5. The Kier molecular flexibility index (Phi) is 15.6. The van der Waals surface area contributed by atoms with Crippen molar-refractivity contribution in [1.29, 1.82) is 0 Å². The number of rotatable bonds is 6. The molecular formula is C50H69N15O4S. The van der Waals surface area contributed by atoms with E-state index in [0.29, 0.717) is 41.9 Å². The summed E-state index contributed by atoms with van der Waals surface area (Å²) >= 11 is 0. The van der Waals surface area contributed by atoms with Crippen molar-refractivity contribution in [3.05, 3.63) is 104 Å². The number of sulfone groups is 1. The van der Waals surface area contributed by atoms with Crippen molar-refractivity contribution in [2.24, 2.45) is 5.41 Å². The smallest absolute Gasteiger partial charge is 0.219 e. The van der Waals surface area contributed by atoms with Gasteiger partial charge in [-0.1, -0.05) is 6.42 Å². The van der Waals surface area contributed by atoms with Gasteiger partial charge in [-0.15, -0.1) is 10.2 Å². The highest BCUT2D eigenvalue weighted by molar-refractivity contribution is 7.92. The average molecular weight is 976 g/mol. The second-order valence-corrected chi connectivity index (χ2v) is 22.5. The number of nitrogens with two attached hydrogens (primary N) is 4. The number of hydrogen-bond acceptors (Lipinski definition) is 19. The molecule has 6 aromatic rings. The van der Waals surface area contributed by atoms with Crippen LogP contribution < -0.4 is 42.5 Å². The van der Waals surface area contributed by atoms with E-state index >= 15 is 0 Å².